The van der Waals surface area contributed by atoms with E-state index in [9.17, 15) is 18.4 Å². The minimum Gasteiger partial charge on any atom is -0.342 e. The summed E-state index contributed by atoms with van der Waals surface area (Å²) in [6.45, 7) is 2.34. The first-order chi connectivity index (χ1) is 18.3. The number of hydrogen-bond donors (Lipinski definition) is 1. The summed E-state index contributed by atoms with van der Waals surface area (Å²) in [7, 11) is 2.14. The number of halogens is 2. The van der Waals surface area contributed by atoms with Crippen molar-refractivity contribution in [3.8, 4) is 0 Å². The number of nitrogens with one attached hydrogen (secondary N) is 1. The van der Waals surface area contributed by atoms with E-state index >= 15 is 0 Å². The predicted molar refractivity (Wildman–Crippen MR) is 141 cm³/mol. The van der Waals surface area contributed by atoms with E-state index in [1.807, 2.05) is 6.07 Å². The number of piperidine rings is 1. The SMILES string of the molecule is C[N+]1(CC(=O)c2cccnc2)CC[C@@H](CCC2CCC(c3ccc(F)cc3)(c3ccc(F)cc3)NC2=O)C1. The van der Waals surface area contributed by atoms with E-state index in [2.05, 4.69) is 17.3 Å². The lowest BCUT2D eigenvalue weighted by Crippen LogP contribution is -2.53. The number of rotatable bonds is 8. The van der Waals surface area contributed by atoms with E-state index < -0.39 is 5.54 Å². The third-order valence-corrected chi connectivity index (χ3v) is 8.46. The van der Waals surface area contributed by atoms with Gasteiger partial charge in [-0.2, -0.15) is 0 Å². The smallest absolute Gasteiger partial charge is 0.224 e. The first kappa shape index (κ1) is 26.2. The highest BCUT2D eigenvalue weighted by atomic mass is 19.1. The molecule has 2 saturated heterocycles. The average Bonchev–Trinajstić information content (AvgIpc) is 3.29. The number of benzene rings is 2. The van der Waals surface area contributed by atoms with E-state index in [-0.39, 0.29) is 29.2 Å². The lowest BCUT2D eigenvalue weighted by molar-refractivity contribution is -0.890. The molecule has 0 radical (unpaired) electrons. The first-order valence-corrected chi connectivity index (χ1v) is 13.4. The number of likely N-dealkylation sites (tertiary alicyclic amines) is 1. The van der Waals surface area contributed by atoms with Crippen molar-refractivity contribution < 1.29 is 22.9 Å². The van der Waals surface area contributed by atoms with Crippen molar-refractivity contribution >= 4 is 11.7 Å². The highest BCUT2D eigenvalue weighted by molar-refractivity contribution is 5.96. The van der Waals surface area contributed by atoms with Crippen molar-refractivity contribution in [2.75, 3.05) is 26.7 Å². The number of Topliss-reactive ketones (excluding diaryl/α,β-unsaturated/α-hetero) is 1. The zero-order valence-corrected chi connectivity index (χ0v) is 21.7. The molecule has 2 aliphatic heterocycles. The van der Waals surface area contributed by atoms with E-state index in [0.717, 1.165) is 43.5 Å². The van der Waals surface area contributed by atoms with Crippen molar-refractivity contribution in [1.29, 1.82) is 0 Å². The molecule has 38 heavy (non-hydrogen) atoms. The second kappa shape index (κ2) is 10.7. The molecule has 2 aromatic carbocycles. The Morgan fingerprint density at radius 3 is 2.24 bits per heavy atom. The second-order valence-corrected chi connectivity index (χ2v) is 11.2. The Hall–Kier alpha value is -3.45. The van der Waals surface area contributed by atoms with Gasteiger partial charge in [0.1, 0.15) is 18.2 Å². The van der Waals surface area contributed by atoms with Gasteiger partial charge in [-0.1, -0.05) is 24.3 Å². The van der Waals surface area contributed by atoms with E-state index in [1.165, 1.54) is 24.3 Å². The molecule has 5 rings (SSSR count). The standard InChI is InChI=1S/C31H33F2N3O2/c1-36(21-29(37)24-3-2-17-34-19-24)18-15-22(20-36)4-5-23-14-16-31(35-30(23)38,25-6-10-27(32)11-7-25)26-8-12-28(33)13-9-26/h2-3,6-13,17,19,22-23H,4-5,14-16,18,20-21H2,1H3/p+1/t22-,23?,36?/m1/s1. The molecule has 1 aromatic heterocycles. The van der Waals surface area contributed by atoms with Crippen LogP contribution in [0.4, 0.5) is 8.78 Å². The summed E-state index contributed by atoms with van der Waals surface area (Å²) in [5.74, 6) is -0.229. The fourth-order valence-electron chi connectivity index (χ4n) is 6.32. The number of quaternary nitrogens is 1. The van der Waals surface area contributed by atoms with Crippen molar-refractivity contribution in [2.45, 2.75) is 37.6 Å². The van der Waals surface area contributed by atoms with Gasteiger partial charge in [0, 0.05) is 36.2 Å². The molecular weight excluding hydrogens is 484 g/mol. The molecule has 2 unspecified atom stereocenters. The zero-order valence-electron chi connectivity index (χ0n) is 21.7. The molecule has 5 nitrogen and oxygen atoms in total. The van der Waals surface area contributed by atoms with Crippen LogP contribution in [0.15, 0.2) is 73.1 Å². The van der Waals surface area contributed by atoms with Crippen LogP contribution >= 0.6 is 0 Å². The van der Waals surface area contributed by atoms with Crippen LogP contribution in [0.2, 0.25) is 0 Å². The van der Waals surface area contributed by atoms with Crippen LogP contribution < -0.4 is 5.32 Å². The number of nitrogens with zero attached hydrogens (tertiary/aromatic N) is 2. The predicted octanol–water partition coefficient (Wildman–Crippen LogP) is 5.26. The molecular formula is C31H34F2N3O2+. The fraction of sp³-hybridized carbons (Fsp3) is 0.387. The first-order valence-electron chi connectivity index (χ1n) is 13.4. The molecule has 0 saturated carbocycles. The molecule has 0 bridgehead atoms. The van der Waals surface area contributed by atoms with Gasteiger partial charge in [0.2, 0.25) is 11.7 Å². The van der Waals surface area contributed by atoms with E-state index in [0.29, 0.717) is 35.4 Å². The fourth-order valence-corrected chi connectivity index (χ4v) is 6.32. The monoisotopic (exact) mass is 518 g/mol. The molecule has 1 N–H and O–H groups in total. The number of aromatic nitrogens is 1. The van der Waals surface area contributed by atoms with Crippen LogP contribution in [0.1, 0.15) is 53.6 Å². The molecule has 7 heteroatoms. The highest BCUT2D eigenvalue weighted by Crippen LogP contribution is 2.40. The Morgan fingerprint density at radius 2 is 1.66 bits per heavy atom. The number of carbonyl (C=O) groups is 2. The van der Waals surface area contributed by atoms with E-state index in [4.69, 9.17) is 0 Å². The maximum Gasteiger partial charge on any atom is 0.224 e. The number of hydrogen-bond acceptors (Lipinski definition) is 3. The third-order valence-electron chi connectivity index (χ3n) is 8.46. The molecule has 0 spiro atoms. The Bertz CT molecular complexity index is 1240. The molecule has 2 aliphatic rings. The molecule has 1 amide bonds. The van der Waals surface area contributed by atoms with Crippen LogP contribution in [0.25, 0.3) is 0 Å². The number of likely N-dealkylation sites (N-methyl/N-ethyl adjacent to an activating group) is 1. The number of amides is 1. The Kier molecular flexibility index (Phi) is 7.39. The van der Waals surface area contributed by atoms with Crippen molar-refractivity contribution in [1.82, 2.24) is 10.3 Å². The molecule has 198 valence electrons. The zero-order chi connectivity index (χ0) is 26.8. The molecule has 3 aromatic rings. The Labute approximate surface area is 222 Å². The summed E-state index contributed by atoms with van der Waals surface area (Å²) in [5.41, 5.74) is 1.42. The lowest BCUT2D eigenvalue weighted by Gasteiger charge is -2.42. The van der Waals surface area contributed by atoms with Gasteiger partial charge in [0.05, 0.1) is 25.7 Å². The quantitative estimate of drug-likeness (QED) is 0.327. The Balaban J connectivity index is 1.22. The van der Waals surface area contributed by atoms with Gasteiger partial charge in [0.25, 0.3) is 0 Å². The normalized spacial score (nSPS) is 24.7. The maximum absolute atomic E-state index is 13.7. The molecule has 2 fully saturated rings. The van der Waals surface area contributed by atoms with Gasteiger partial charge in [-0.05, 0) is 73.2 Å². The summed E-state index contributed by atoms with van der Waals surface area (Å²) < 4.78 is 28.1. The van der Waals surface area contributed by atoms with Gasteiger partial charge < -0.3 is 9.80 Å². The summed E-state index contributed by atoms with van der Waals surface area (Å²) in [6, 6.07) is 16.0. The largest absolute Gasteiger partial charge is 0.342 e. The van der Waals surface area contributed by atoms with Crippen LogP contribution in [0, 0.1) is 23.5 Å². The summed E-state index contributed by atoms with van der Waals surface area (Å²) >= 11 is 0. The Morgan fingerprint density at radius 1 is 1.00 bits per heavy atom. The van der Waals surface area contributed by atoms with Gasteiger partial charge in [-0.15, -0.1) is 0 Å². The summed E-state index contributed by atoms with van der Waals surface area (Å²) in [6.07, 6.45) is 7.41. The number of ketones is 1. The highest BCUT2D eigenvalue weighted by Gasteiger charge is 2.43. The van der Waals surface area contributed by atoms with E-state index in [1.54, 1.807) is 42.7 Å². The van der Waals surface area contributed by atoms with Crippen molar-refractivity contribution in [3.05, 3.63) is 101 Å². The summed E-state index contributed by atoms with van der Waals surface area (Å²) in [4.78, 5) is 30.2. The average molecular weight is 519 g/mol. The molecule has 3 heterocycles. The number of carbonyl (C=O) groups excluding carboxylic acids is 2. The maximum atomic E-state index is 13.7. The summed E-state index contributed by atoms with van der Waals surface area (Å²) in [5, 5.41) is 3.25. The van der Waals surface area contributed by atoms with Crippen LogP contribution in [-0.2, 0) is 10.3 Å². The third kappa shape index (κ3) is 5.53. The minimum absolute atomic E-state index is 0.0214. The van der Waals surface area contributed by atoms with Gasteiger partial charge in [0.15, 0.2) is 0 Å². The van der Waals surface area contributed by atoms with Crippen LogP contribution in [0.5, 0.6) is 0 Å². The second-order valence-electron chi connectivity index (χ2n) is 11.2. The van der Waals surface area contributed by atoms with Gasteiger partial charge >= 0.3 is 0 Å². The minimum atomic E-state index is -0.815. The van der Waals surface area contributed by atoms with Crippen molar-refractivity contribution in [2.24, 2.45) is 11.8 Å². The van der Waals surface area contributed by atoms with Gasteiger partial charge in [-0.3, -0.25) is 14.6 Å². The topological polar surface area (TPSA) is 59.1 Å². The van der Waals surface area contributed by atoms with Crippen LogP contribution in [0.3, 0.4) is 0 Å². The molecule has 0 aliphatic carbocycles. The van der Waals surface area contributed by atoms with Crippen LogP contribution in [-0.4, -0.2) is 47.8 Å². The van der Waals surface area contributed by atoms with Gasteiger partial charge in [-0.25, -0.2) is 8.78 Å². The number of pyridine rings is 1. The molecule has 3 atom stereocenters. The van der Waals surface area contributed by atoms with Crippen molar-refractivity contribution in [3.63, 3.8) is 0 Å². The lowest BCUT2D eigenvalue weighted by atomic mass is 9.73.